The van der Waals surface area contributed by atoms with E-state index in [1.165, 1.54) is 31.9 Å². The van der Waals surface area contributed by atoms with E-state index in [2.05, 4.69) is 15.4 Å². The molecule has 1 saturated carbocycles. The van der Waals surface area contributed by atoms with Gasteiger partial charge in [0.15, 0.2) is 0 Å². The Morgan fingerprint density at radius 2 is 1.82 bits per heavy atom. The monoisotopic (exact) mass is 302 g/mol. The fourth-order valence-corrected chi connectivity index (χ4v) is 2.43. The van der Waals surface area contributed by atoms with Crippen molar-refractivity contribution >= 4 is 12.0 Å². The molecule has 1 fully saturated rings. The zero-order valence-corrected chi connectivity index (χ0v) is 12.9. The van der Waals surface area contributed by atoms with Gasteiger partial charge < -0.3 is 15.4 Å². The van der Waals surface area contributed by atoms with E-state index in [1.807, 2.05) is 6.20 Å². The predicted molar refractivity (Wildman–Crippen MR) is 84.3 cm³/mol. The summed E-state index contributed by atoms with van der Waals surface area (Å²) in [6.45, 7) is 0.413. The van der Waals surface area contributed by atoms with Gasteiger partial charge in [0.25, 0.3) is 0 Å². The van der Waals surface area contributed by atoms with Gasteiger partial charge in [0.1, 0.15) is 0 Å². The summed E-state index contributed by atoms with van der Waals surface area (Å²) < 4.78 is 4.64. The second-order valence-corrected chi connectivity index (χ2v) is 5.38. The van der Waals surface area contributed by atoms with Crippen molar-refractivity contribution in [3.63, 3.8) is 0 Å². The highest BCUT2D eigenvalue weighted by molar-refractivity contribution is 5.89. The number of rotatable bonds is 4. The molecule has 1 aliphatic carbocycles. The van der Waals surface area contributed by atoms with E-state index < -0.39 is 0 Å². The normalized spacial score (nSPS) is 14.1. The lowest BCUT2D eigenvalue weighted by molar-refractivity contribution is 0.0600. The summed E-state index contributed by atoms with van der Waals surface area (Å²) in [5, 5.41) is 5.57. The summed E-state index contributed by atoms with van der Waals surface area (Å²) in [6, 6.07) is 6.75. The van der Waals surface area contributed by atoms with Crippen LogP contribution in [0.1, 0.15) is 48.0 Å². The van der Waals surface area contributed by atoms with Crippen molar-refractivity contribution < 1.29 is 14.3 Å². The van der Waals surface area contributed by atoms with Crippen LogP contribution in [0, 0.1) is 0 Å². The van der Waals surface area contributed by atoms with E-state index in [1.54, 1.807) is 24.3 Å². The summed E-state index contributed by atoms with van der Waals surface area (Å²) in [7, 11) is 1.35. The zero-order valence-electron chi connectivity index (χ0n) is 12.9. The summed E-state index contributed by atoms with van der Waals surface area (Å²) in [5.74, 6) is -0.364. The van der Waals surface area contributed by atoms with Crippen LogP contribution < -0.4 is 10.6 Å². The molecule has 0 aliphatic heterocycles. The Labute approximate surface area is 130 Å². The number of hydrogen-bond acceptors (Lipinski definition) is 3. The molecule has 0 spiro atoms. The van der Waals surface area contributed by atoms with Gasteiger partial charge >= 0.3 is 12.0 Å². The highest BCUT2D eigenvalue weighted by atomic mass is 16.5. The Hall–Kier alpha value is -2.30. The van der Waals surface area contributed by atoms with E-state index in [4.69, 9.17) is 0 Å². The summed E-state index contributed by atoms with van der Waals surface area (Å²) in [6.07, 6.45) is 7.69. The predicted octanol–water partition coefficient (Wildman–Crippen LogP) is 3.12. The van der Waals surface area contributed by atoms with Gasteiger partial charge in [-0.1, -0.05) is 24.1 Å². The number of urea groups is 1. The highest BCUT2D eigenvalue weighted by Gasteiger charge is 2.07. The molecule has 2 rings (SSSR count). The number of carbonyl (C=O) groups is 2. The van der Waals surface area contributed by atoms with E-state index in [0.29, 0.717) is 12.1 Å². The van der Waals surface area contributed by atoms with Gasteiger partial charge in [-0.05, 0) is 43.4 Å². The largest absolute Gasteiger partial charge is 0.465 e. The Balaban J connectivity index is 1.77. The minimum Gasteiger partial charge on any atom is -0.465 e. The Kier molecular flexibility index (Phi) is 6.01. The first-order chi connectivity index (χ1) is 10.7. The van der Waals surface area contributed by atoms with Crippen LogP contribution in [-0.4, -0.2) is 19.1 Å². The Morgan fingerprint density at radius 3 is 2.45 bits per heavy atom. The maximum Gasteiger partial charge on any atom is 0.337 e. The SMILES string of the molecule is COC(=O)c1ccc(CNC(=O)NC=C2CCCCC2)cc1. The summed E-state index contributed by atoms with van der Waals surface area (Å²) >= 11 is 0. The van der Waals surface area contributed by atoms with Gasteiger partial charge in [-0.25, -0.2) is 9.59 Å². The number of benzene rings is 1. The third-order valence-corrected chi connectivity index (χ3v) is 3.73. The molecule has 0 saturated heterocycles. The third kappa shape index (κ3) is 4.91. The summed E-state index contributed by atoms with van der Waals surface area (Å²) in [4.78, 5) is 23.1. The average molecular weight is 302 g/mol. The van der Waals surface area contributed by atoms with Crippen molar-refractivity contribution in [1.29, 1.82) is 0 Å². The van der Waals surface area contributed by atoms with Crippen molar-refractivity contribution in [1.82, 2.24) is 10.6 Å². The molecule has 1 aliphatic rings. The van der Waals surface area contributed by atoms with E-state index in [9.17, 15) is 9.59 Å². The molecular weight excluding hydrogens is 280 g/mol. The van der Waals surface area contributed by atoms with Crippen molar-refractivity contribution in [3.8, 4) is 0 Å². The molecular formula is C17H22N2O3. The summed E-state index contributed by atoms with van der Waals surface area (Å²) in [5.41, 5.74) is 2.73. The number of hydrogen-bond donors (Lipinski definition) is 2. The lowest BCUT2D eigenvalue weighted by atomic mass is 9.96. The molecule has 5 nitrogen and oxygen atoms in total. The molecule has 0 atom stereocenters. The van der Waals surface area contributed by atoms with Crippen LogP contribution >= 0.6 is 0 Å². The van der Waals surface area contributed by atoms with Crippen LogP contribution in [0.3, 0.4) is 0 Å². The van der Waals surface area contributed by atoms with Gasteiger partial charge in [0, 0.05) is 12.7 Å². The van der Waals surface area contributed by atoms with Crippen LogP contribution in [0.25, 0.3) is 0 Å². The van der Waals surface area contributed by atoms with Crippen LogP contribution in [0.15, 0.2) is 36.0 Å². The molecule has 0 bridgehead atoms. The van der Waals surface area contributed by atoms with Gasteiger partial charge in [0.2, 0.25) is 0 Å². The van der Waals surface area contributed by atoms with Crippen LogP contribution in [-0.2, 0) is 11.3 Å². The standard InChI is InChI=1S/C17H22N2O3/c1-22-16(20)15-9-7-14(8-10-15)12-19-17(21)18-11-13-5-3-2-4-6-13/h7-11H,2-6,12H2,1H3,(H2,18,19,21). The molecule has 0 heterocycles. The number of methoxy groups -OCH3 is 1. The van der Waals surface area contributed by atoms with Crippen LogP contribution in [0.4, 0.5) is 4.79 Å². The minimum absolute atomic E-state index is 0.213. The van der Waals surface area contributed by atoms with Crippen molar-refractivity contribution in [3.05, 3.63) is 47.2 Å². The zero-order chi connectivity index (χ0) is 15.8. The number of nitrogens with one attached hydrogen (secondary N) is 2. The van der Waals surface area contributed by atoms with Gasteiger partial charge in [0.05, 0.1) is 12.7 Å². The van der Waals surface area contributed by atoms with Crippen LogP contribution in [0.2, 0.25) is 0 Å². The second-order valence-electron chi connectivity index (χ2n) is 5.38. The van der Waals surface area contributed by atoms with Crippen molar-refractivity contribution in [2.45, 2.75) is 38.6 Å². The molecule has 5 heteroatoms. The number of allylic oxidation sites excluding steroid dienone is 1. The molecule has 0 aromatic heterocycles. The van der Waals surface area contributed by atoms with Gasteiger partial charge in [-0.3, -0.25) is 0 Å². The first-order valence-corrected chi connectivity index (χ1v) is 7.58. The lowest BCUT2D eigenvalue weighted by Crippen LogP contribution is -2.32. The van der Waals surface area contributed by atoms with E-state index >= 15 is 0 Å². The van der Waals surface area contributed by atoms with Gasteiger partial charge in [-0.15, -0.1) is 0 Å². The molecule has 0 radical (unpaired) electrons. The first kappa shape index (κ1) is 16.1. The average Bonchev–Trinajstić information content (AvgIpc) is 2.58. The molecule has 22 heavy (non-hydrogen) atoms. The molecule has 0 unspecified atom stereocenters. The molecule has 118 valence electrons. The maximum absolute atomic E-state index is 11.7. The van der Waals surface area contributed by atoms with Crippen molar-refractivity contribution in [2.24, 2.45) is 0 Å². The van der Waals surface area contributed by atoms with E-state index in [-0.39, 0.29) is 12.0 Å². The Morgan fingerprint density at radius 1 is 1.14 bits per heavy atom. The Bertz CT molecular complexity index is 542. The first-order valence-electron chi connectivity index (χ1n) is 7.58. The van der Waals surface area contributed by atoms with Crippen LogP contribution in [0.5, 0.6) is 0 Å². The fourth-order valence-electron chi connectivity index (χ4n) is 2.43. The topological polar surface area (TPSA) is 67.4 Å². The smallest absolute Gasteiger partial charge is 0.337 e. The number of esters is 1. The molecule has 2 amide bonds. The fraction of sp³-hybridized carbons (Fsp3) is 0.412. The lowest BCUT2D eigenvalue weighted by Gasteiger charge is -2.13. The molecule has 1 aromatic carbocycles. The quantitative estimate of drug-likeness (QED) is 0.840. The second kappa shape index (κ2) is 8.22. The molecule has 2 N–H and O–H groups in total. The third-order valence-electron chi connectivity index (χ3n) is 3.73. The van der Waals surface area contributed by atoms with Crippen molar-refractivity contribution in [2.75, 3.05) is 7.11 Å². The number of amides is 2. The minimum atomic E-state index is -0.364. The van der Waals surface area contributed by atoms with E-state index in [0.717, 1.165) is 18.4 Å². The molecule has 1 aromatic rings. The number of ether oxygens (including phenoxy) is 1. The maximum atomic E-state index is 11.7. The highest BCUT2D eigenvalue weighted by Crippen LogP contribution is 2.21. The van der Waals surface area contributed by atoms with Gasteiger partial charge in [-0.2, -0.15) is 0 Å². The number of carbonyl (C=O) groups excluding carboxylic acids is 2.